The normalized spacial score (nSPS) is 21.3. The molecular formula is C17H23N5O3. The molecule has 2 aromatic rings. The number of nitrogens with one attached hydrogen (secondary N) is 1. The smallest absolute Gasteiger partial charge is 0.318 e. The lowest BCUT2D eigenvalue weighted by Gasteiger charge is -2.25. The molecule has 3 rings (SSSR count). The van der Waals surface area contributed by atoms with Crippen molar-refractivity contribution in [2.75, 3.05) is 13.7 Å². The fourth-order valence-corrected chi connectivity index (χ4v) is 3.12. The standard InChI is InChI=1S/C17H23N5O3/c1-4-14(12-5-7-18-8-6-12)20-17(23)22-10-13(24-3)9-15(22)16-19-11(2)21-25-16/h5-8,13-15H,4,9-10H2,1-3H3,(H,20,23)/t13-,14-,15+/m0/s1. The monoisotopic (exact) mass is 345 g/mol. The fourth-order valence-electron chi connectivity index (χ4n) is 3.12. The Morgan fingerprint density at radius 1 is 1.48 bits per heavy atom. The number of rotatable bonds is 5. The third-order valence-corrected chi connectivity index (χ3v) is 4.50. The van der Waals surface area contributed by atoms with Gasteiger partial charge in [0.1, 0.15) is 6.04 Å². The molecule has 8 nitrogen and oxygen atoms in total. The zero-order chi connectivity index (χ0) is 17.8. The molecule has 1 aliphatic rings. The third kappa shape index (κ3) is 3.79. The Balaban J connectivity index is 1.76. The Bertz CT molecular complexity index is 705. The molecule has 1 N–H and O–H groups in total. The molecule has 134 valence electrons. The highest BCUT2D eigenvalue weighted by atomic mass is 16.5. The maximum absolute atomic E-state index is 12.9. The molecule has 8 heteroatoms. The minimum atomic E-state index is -0.277. The van der Waals surface area contributed by atoms with Crippen LogP contribution in [-0.2, 0) is 4.74 Å². The molecule has 3 atom stereocenters. The number of aryl methyl sites for hydroxylation is 1. The minimum absolute atomic E-state index is 0.0519. The highest BCUT2D eigenvalue weighted by molar-refractivity contribution is 5.75. The van der Waals surface area contributed by atoms with E-state index in [-0.39, 0.29) is 24.2 Å². The Morgan fingerprint density at radius 3 is 2.84 bits per heavy atom. The highest BCUT2D eigenvalue weighted by Crippen LogP contribution is 2.33. The van der Waals surface area contributed by atoms with Gasteiger partial charge in [-0.15, -0.1) is 0 Å². The van der Waals surface area contributed by atoms with E-state index in [1.807, 2.05) is 19.1 Å². The van der Waals surface area contributed by atoms with Gasteiger partial charge in [0.05, 0.1) is 12.1 Å². The summed E-state index contributed by atoms with van der Waals surface area (Å²) in [4.78, 5) is 22.9. The van der Waals surface area contributed by atoms with Crippen molar-refractivity contribution >= 4 is 6.03 Å². The summed E-state index contributed by atoms with van der Waals surface area (Å²) < 4.78 is 10.7. The lowest BCUT2D eigenvalue weighted by atomic mass is 10.1. The molecule has 0 aliphatic carbocycles. The second-order valence-corrected chi connectivity index (χ2v) is 6.13. The first-order valence-electron chi connectivity index (χ1n) is 8.42. The molecule has 1 aliphatic heterocycles. The lowest BCUT2D eigenvalue weighted by molar-refractivity contribution is 0.110. The summed E-state index contributed by atoms with van der Waals surface area (Å²) in [6.45, 7) is 4.28. The van der Waals surface area contributed by atoms with Crippen molar-refractivity contribution in [2.24, 2.45) is 0 Å². The number of methoxy groups -OCH3 is 1. The zero-order valence-electron chi connectivity index (χ0n) is 14.7. The molecule has 2 amide bonds. The number of carbonyl (C=O) groups excluding carboxylic acids is 1. The van der Waals surface area contributed by atoms with Gasteiger partial charge in [-0.1, -0.05) is 12.1 Å². The summed E-state index contributed by atoms with van der Waals surface area (Å²) in [5, 5.41) is 6.93. The molecule has 3 heterocycles. The van der Waals surface area contributed by atoms with Gasteiger partial charge in [0.2, 0.25) is 5.89 Å². The first-order chi connectivity index (χ1) is 12.1. The van der Waals surface area contributed by atoms with Crippen LogP contribution in [0.15, 0.2) is 29.0 Å². The van der Waals surface area contributed by atoms with E-state index in [0.29, 0.717) is 24.7 Å². The number of carbonyl (C=O) groups is 1. The summed E-state index contributed by atoms with van der Waals surface area (Å²) in [5.74, 6) is 1.00. The first kappa shape index (κ1) is 17.3. The van der Waals surface area contributed by atoms with Crippen LogP contribution < -0.4 is 5.32 Å². The Hall–Kier alpha value is -2.48. The van der Waals surface area contributed by atoms with Crippen LogP contribution in [0.3, 0.4) is 0 Å². The summed E-state index contributed by atoms with van der Waals surface area (Å²) in [5.41, 5.74) is 1.03. The predicted molar refractivity (Wildman–Crippen MR) is 89.7 cm³/mol. The van der Waals surface area contributed by atoms with E-state index in [1.165, 1.54) is 0 Å². The Kier molecular flexibility index (Phi) is 5.28. The van der Waals surface area contributed by atoms with Crippen LogP contribution in [-0.4, -0.2) is 45.8 Å². The number of pyridine rings is 1. The molecule has 1 fully saturated rings. The second kappa shape index (κ2) is 7.60. The van der Waals surface area contributed by atoms with E-state index < -0.39 is 0 Å². The van der Waals surface area contributed by atoms with Crippen molar-refractivity contribution in [1.29, 1.82) is 0 Å². The second-order valence-electron chi connectivity index (χ2n) is 6.13. The van der Waals surface area contributed by atoms with Crippen molar-refractivity contribution < 1.29 is 14.1 Å². The number of likely N-dealkylation sites (tertiary alicyclic amines) is 1. The van der Waals surface area contributed by atoms with Gasteiger partial charge >= 0.3 is 6.03 Å². The number of ether oxygens (including phenoxy) is 1. The molecule has 0 unspecified atom stereocenters. The fraction of sp³-hybridized carbons (Fsp3) is 0.529. The van der Waals surface area contributed by atoms with Crippen LogP contribution in [0.5, 0.6) is 0 Å². The predicted octanol–water partition coefficient (Wildman–Crippen LogP) is 2.40. The van der Waals surface area contributed by atoms with Crippen molar-refractivity contribution in [3.63, 3.8) is 0 Å². The van der Waals surface area contributed by atoms with Gasteiger partial charge in [-0.2, -0.15) is 4.98 Å². The largest absolute Gasteiger partial charge is 0.380 e. The number of hydrogen-bond acceptors (Lipinski definition) is 6. The molecule has 0 bridgehead atoms. The van der Waals surface area contributed by atoms with Gasteiger partial charge in [0, 0.05) is 32.5 Å². The van der Waals surface area contributed by atoms with Gasteiger partial charge in [0.15, 0.2) is 5.82 Å². The number of amides is 2. The van der Waals surface area contributed by atoms with Crippen LogP contribution in [0.2, 0.25) is 0 Å². The van der Waals surface area contributed by atoms with E-state index in [0.717, 1.165) is 12.0 Å². The number of nitrogens with zero attached hydrogens (tertiary/aromatic N) is 4. The topological polar surface area (TPSA) is 93.4 Å². The van der Waals surface area contributed by atoms with Gasteiger partial charge in [-0.3, -0.25) is 4.98 Å². The molecule has 25 heavy (non-hydrogen) atoms. The SMILES string of the molecule is CC[C@H](NC(=O)N1C[C@@H](OC)C[C@@H]1c1nc(C)no1)c1ccncc1. The molecule has 1 saturated heterocycles. The summed E-state index contributed by atoms with van der Waals surface area (Å²) in [7, 11) is 1.65. The number of aromatic nitrogens is 3. The minimum Gasteiger partial charge on any atom is -0.380 e. The maximum Gasteiger partial charge on any atom is 0.318 e. The van der Waals surface area contributed by atoms with Crippen LogP contribution in [0.1, 0.15) is 49.1 Å². The summed E-state index contributed by atoms with van der Waals surface area (Å²) in [6.07, 6.45) is 4.82. The average molecular weight is 345 g/mol. The average Bonchev–Trinajstić information content (AvgIpc) is 3.26. The van der Waals surface area contributed by atoms with E-state index in [1.54, 1.807) is 31.3 Å². The van der Waals surface area contributed by atoms with E-state index >= 15 is 0 Å². The van der Waals surface area contributed by atoms with E-state index in [9.17, 15) is 4.79 Å². The first-order valence-corrected chi connectivity index (χ1v) is 8.42. The number of hydrogen-bond donors (Lipinski definition) is 1. The molecule has 0 aromatic carbocycles. The maximum atomic E-state index is 12.9. The zero-order valence-corrected chi connectivity index (χ0v) is 14.7. The Labute approximate surface area is 146 Å². The van der Waals surface area contributed by atoms with Crippen LogP contribution in [0.25, 0.3) is 0 Å². The lowest BCUT2D eigenvalue weighted by Crippen LogP contribution is -2.42. The molecule has 0 spiro atoms. The van der Waals surface area contributed by atoms with Crippen LogP contribution in [0.4, 0.5) is 4.79 Å². The quantitative estimate of drug-likeness (QED) is 0.894. The highest BCUT2D eigenvalue weighted by Gasteiger charge is 2.40. The van der Waals surface area contributed by atoms with Crippen molar-refractivity contribution in [1.82, 2.24) is 25.3 Å². The van der Waals surface area contributed by atoms with Gasteiger partial charge < -0.3 is 19.5 Å². The molecule has 0 saturated carbocycles. The number of urea groups is 1. The molecular weight excluding hydrogens is 322 g/mol. The third-order valence-electron chi connectivity index (χ3n) is 4.50. The Morgan fingerprint density at radius 2 is 2.24 bits per heavy atom. The van der Waals surface area contributed by atoms with Gasteiger partial charge in [-0.25, -0.2) is 4.79 Å². The van der Waals surface area contributed by atoms with E-state index in [4.69, 9.17) is 9.26 Å². The van der Waals surface area contributed by atoms with Crippen LogP contribution in [0, 0.1) is 6.92 Å². The molecule has 2 aromatic heterocycles. The summed E-state index contributed by atoms with van der Waals surface area (Å²) in [6, 6.07) is 3.30. The summed E-state index contributed by atoms with van der Waals surface area (Å²) >= 11 is 0. The van der Waals surface area contributed by atoms with Gasteiger partial charge in [-0.05, 0) is 31.0 Å². The molecule has 0 radical (unpaired) electrons. The van der Waals surface area contributed by atoms with Crippen molar-refractivity contribution in [2.45, 2.75) is 44.9 Å². The van der Waals surface area contributed by atoms with Crippen LogP contribution >= 0.6 is 0 Å². The van der Waals surface area contributed by atoms with Crippen molar-refractivity contribution in [3.8, 4) is 0 Å². The van der Waals surface area contributed by atoms with Gasteiger partial charge in [0.25, 0.3) is 0 Å². The van der Waals surface area contributed by atoms with E-state index in [2.05, 4.69) is 20.4 Å². The van der Waals surface area contributed by atoms with Crippen molar-refractivity contribution in [3.05, 3.63) is 41.8 Å².